The highest BCUT2D eigenvalue weighted by Gasteiger charge is 2.24. The summed E-state index contributed by atoms with van der Waals surface area (Å²) in [6.45, 7) is 4.34. The number of nitrogens with one attached hydrogen (secondary N) is 1. The van der Waals surface area contributed by atoms with Crippen LogP contribution in [0.3, 0.4) is 0 Å². The molecule has 3 heterocycles. The van der Waals surface area contributed by atoms with E-state index in [-0.39, 0.29) is 0 Å². The van der Waals surface area contributed by atoms with Gasteiger partial charge in [0.05, 0.1) is 10.7 Å². The average molecular weight is 328 g/mol. The van der Waals surface area contributed by atoms with Gasteiger partial charge in [-0.05, 0) is 55.6 Å². The van der Waals surface area contributed by atoms with Gasteiger partial charge >= 0.3 is 0 Å². The Kier molecular flexibility index (Phi) is 4.23. The maximum absolute atomic E-state index is 6.30. The van der Waals surface area contributed by atoms with E-state index in [0.29, 0.717) is 5.92 Å². The zero-order chi connectivity index (χ0) is 15.6. The van der Waals surface area contributed by atoms with E-state index < -0.39 is 0 Å². The second kappa shape index (κ2) is 6.50. The van der Waals surface area contributed by atoms with Crippen LogP contribution in [0.1, 0.15) is 35.6 Å². The highest BCUT2D eigenvalue weighted by Crippen LogP contribution is 2.33. The molecule has 23 heavy (non-hydrogen) atoms. The molecule has 1 N–H and O–H groups in total. The smallest absolute Gasteiger partial charge is 0.0624 e. The van der Waals surface area contributed by atoms with Crippen LogP contribution in [0.15, 0.2) is 36.5 Å². The summed E-state index contributed by atoms with van der Waals surface area (Å²) in [6, 6.07) is 10.6. The second-order valence-corrected chi connectivity index (χ2v) is 6.96. The van der Waals surface area contributed by atoms with E-state index in [0.717, 1.165) is 56.2 Å². The Morgan fingerprint density at radius 1 is 1.17 bits per heavy atom. The summed E-state index contributed by atoms with van der Waals surface area (Å²) in [5, 5.41) is 4.36. The molecular weight excluding hydrogens is 306 g/mol. The van der Waals surface area contributed by atoms with Crippen LogP contribution in [0.5, 0.6) is 0 Å². The molecule has 4 heteroatoms. The van der Waals surface area contributed by atoms with E-state index in [9.17, 15) is 0 Å². The molecule has 0 bridgehead atoms. The van der Waals surface area contributed by atoms with Crippen LogP contribution < -0.4 is 5.32 Å². The molecule has 0 unspecified atom stereocenters. The summed E-state index contributed by atoms with van der Waals surface area (Å²) in [6.07, 6.45) is 5.29. The molecule has 0 spiro atoms. The van der Waals surface area contributed by atoms with Crippen molar-refractivity contribution in [3.8, 4) is 0 Å². The van der Waals surface area contributed by atoms with Gasteiger partial charge in [0.25, 0.3) is 0 Å². The molecule has 1 fully saturated rings. The van der Waals surface area contributed by atoms with Crippen molar-refractivity contribution >= 4 is 17.3 Å². The predicted molar refractivity (Wildman–Crippen MR) is 95.1 cm³/mol. The van der Waals surface area contributed by atoms with Crippen molar-refractivity contribution in [1.29, 1.82) is 0 Å². The number of fused-ring (bicyclic) bond motifs is 1. The Balaban J connectivity index is 1.41. The number of rotatable bonds is 3. The SMILES string of the molecule is Clc1cccnc1C1CCN(Cc2cccc3c2NCC3)CC1. The van der Waals surface area contributed by atoms with E-state index >= 15 is 0 Å². The number of benzene rings is 1. The monoisotopic (exact) mass is 327 g/mol. The lowest BCUT2D eigenvalue weighted by atomic mass is 9.92. The third-order valence-corrected chi connectivity index (χ3v) is 5.41. The quantitative estimate of drug-likeness (QED) is 0.920. The third-order valence-electron chi connectivity index (χ3n) is 5.09. The predicted octanol–water partition coefficient (Wildman–Crippen LogP) is 4.08. The Morgan fingerprint density at radius 2 is 2.04 bits per heavy atom. The molecule has 0 aliphatic carbocycles. The zero-order valence-electron chi connectivity index (χ0n) is 13.3. The lowest BCUT2D eigenvalue weighted by molar-refractivity contribution is 0.203. The first-order valence-electron chi connectivity index (χ1n) is 8.48. The minimum atomic E-state index is 0.500. The molecule has 4 rings (SSSR count). The van der Waals surface area contributed by atoms with E-state index in [2.05, 4.69) is 33.4 Å². The van der Waals surface area contributed by atoms with Crippen molar-refractivity contribution in [2.75, 3.05) is 25.0 Å². The van der Waals surface area contributed by atoms with Gasteiger partial charge < -0.3 is 5.32 Å². The normalized spacial score (nSPS) is 18.7. The first-order chi connectivity index (χ1) is 11.3. The van der Waals surface area contributed by atoms with Gasteiger partial charge in [0.15, 0.2) is 0 Å². The van der Waals surface area contributed by atoms with Gasteiger partial charge in [-0.15, -0.1) is 0 Å². The fourth-order valence-corrected chi connectivity index (χ4v) is 4.12. The Labute approximate surface area is 142 Å². The topological polar surface area (TPSA) is 28.2 Å². The minimum absolute atomic E-state index is 0.500. The summed E-state index contributed by atoms with van der Waals surface area (Å²) >= 11 is 6.30. The molecule has 1 aromatic carbocycles. The van der Waals surface area contributed by atoms with Crippen molar-refractivity contribution in [3.05, 3.63) is 58.4 Å². The van der Waals surface area contributed by atoms with Crippen molar-refractivity contribution < 1.29 is 0 Å². The third kappa shape index (κ3) is 3.08. The number of piperidine rings is 1. The molecule has 1 aromatic heterocycles. The van der Waals surface area contributed by atoms with Gasteiger partial charge in [0.2, 0.25) is 0 Å². The fraction of sp³-hybridized carbons (Fsp3) is 0.421. The van der Waals surface area contributed by atoms with Crippen LogP contribution >= 0.6 is 11.6 Å². The van der Waals surface area contributed by atoms with Crippen LogP contribution in [-0.2, 0) is 13.0 Å². The molecule has 2 aromatic rings. The van der Waals surface area contributed by atoms with Gasteiger partial charge in [0, 0.05) is 30.9 Å². The van der Waals surface area contributed by atoms with Crippen molar-refractivity contribution in [3.63, 3.8) is 0 Å². The lowest BCUT2D eigenvalue weighted by Crippen LogP contribution is -2.33. The van der Waals surface area contributed by atoms with E-state index in [4.69, 9.17) is 11.6 Å². The zero-order valence-corrected chi connectivity index (χ0v) is 14.0. The van der Waals surface area contributed by atoms with Gasteiger partial charge in [-0.25, -0.2) is 0 Å². The molecule has 0 saturated carbocycles. The van der Waals surface area contributed by atoms with E-state index in [1.165, 1.54) is 16.8 Å². The molecule has 1 saturated heterocycles. The number of hydrogen-bond acceptors (Lipinski definition) is 3. The Morgan fingerprint density at radius 3 is 2.87 bits per heavy atom. The van der Waals surface area contributed by atoms with Crippen molar-refractivity contribution in [2.24, 2.45) is 0 Å². The maximum Gasteiger partial charge on any atom is 0.0624 e. The summed E-state index contributed by atoms with van der Waals surface area (Å²) in [4.78, 5) is 7.06. The Hall–Kier alpha value is -1.58. The fourth-order valence-electron chi connectivity index (χ4n) is 3.85. The van der Waals surface area contributed by atoms with E-state index in [1.807, 2.05) is 18.3 Å². The standard InChI is InChI=1S/C19H22ClN3/c20-17-5-2-9-21-19(17)15-7-11-23(12-8-15)13-16-4-1-3-14-6-10-22-18(14)16/h1-5,9,15,22H,6-8,10-13H2. The summed E-state index contributed by atoms with van der Waals surface area (Å²) in [5.41, 5.74) is 5.37. The van der Waals surface area contributed by atoms with Crippen LogP contribution in [0.2, 0.25) is 5.02 Å². The Bertz CT molecular complexity index is 693. The molecule has 0 atom stereocenters. The second-order valence-electron chi connectivity index (χ2n) is 6.55. The highest BCUT2D eigenvalue weighted by molar-refractivity contribution is 6.31. The van der Waals surface area contributed by atoms with Gasteiger partial charge in [-0.2, -0.15) is 0 Å². The van der Waals surface area contributed by atoms with Gasteiger partial charge in [-0.1, -0.05) is 29.8 Å². The largest absolute Gasteiger partial charge is 0.384 e. The number of para-hydroxylation sites is 1. The first kappa shape index (κ1) is 15.0. The number of nitrogens with zero attached hydrogens (tertiary/aromatic N) is 2. The van der Waals surface area contributed by atoms with Crippen molar-refractivity contribution in [2.45, 2.75) is 31.7 Å². The molecule has 120 valence electrons. The summed E-state index contributed by atoms with van der Waals surface area (Å²) in [7, 11) is 0. The number of anilines is 1. The molecule has 2 aliphatic heterocycles. The number of pyridine rings is 1. The van der Waals surface area contributed by atoms with Crippen LogP contribution in [0, 0.1) is 0 Å². The number of hydrogen-bond donors (Lipinski definition) is 1. The first-order valence-corrected chi connectivity index (χ1v) is 8.86. The lowest BCUT2D eigenvalue weighted by Gasteiger charge is -2.32. The number of likely N-dealkylation sites (tertiary alicyclic amines) is 1. The molecule has 0 amide bonds. The van der Waals surface area contributed by atoms with Crippen molar-refractivity contribution in [1.82, 2.24) is 9.88 Å². The van der Waals surface area contributed by atoms with Crippen LogP contribution in [-0.4, -0.2) is 29.5 Å². The van der Waals surface area contributed by atoms with Crippen LogP contribution in [0.4, 0.5) is 5.69 Å². The van der Waals surface area contributed by atoms with Crippen LogP contribution in [0.25, 0.3) is 0 Å². The minimum Gasteiger partial charge on any atom is -0.384 e. The van der Waals surface area contributed by atoms with E-state index in [1.54, 1.807) is 0 Å². The highest BCUT2D eigenvalue weighted by atomic mass is 35.5. The molecule has 0 radical (unpaired) electrons. The molecule has 3 nitrogen and oxygen atoms in total. The summed E-state index contributed by atoms with van der Waals surface area (Å²) in [5.74, 6) is 0.500. The molecule has 2 aliphatic rings. The maximum atomic E-state index is 6.30. The molecular formula is C19H22ClN3. The average Bonchev–Trinajstić information content (AvgIpc) is 3.06. The number of aromatic nitrogens is 1. The van der Waals surface area contributed by atoms with Gasteiger partial charge in [0.1, 0.15) is 0 Å². The number of halogens is 1. The van der Waals surface area contributed by atoms with Gasteiger partial charge in [-0.3, -0.25) is 9.88 Å². The summed E-state index contributed by atoms with van der Waals surface area (Å²) < 4.78 is 0.